The van der Waals surface area contributed by atoms with Gasteiger partial charge in [-0.1, -0.05) is 0 Å². The number of aryl methyl sites for hydroxylation is 1. The van der Waals surface area contributed by atoms with Gasteiger partial charge in [0, 0.05) is 70.2 Å². The number of anilines is 1. The molecule has 1 aromatic carbocycles. The van der Waals surface area contributed by atoms with E-state index in [1.165, 1.54) is 25.0 Å². The quantitative estimate of drug-likeness (QED) is 0.678. The minimum absolute atomic E-state index is 0.0239. The minimum atomic E-state index is -3.62. The Hall–Kier alpha value is -2.43. The van der Waals surface area contributed by atoms with Crippen molar-refractivity contribution in [2.24, 2.45) is 0 Å². The fraction of sp³-hybridized carbons (Fsp3) is 0.609. The van der Waals surface area contributed by atoms with E-state index in [4.69, 9.17) is 9.84 Å². The number of halogens is 2. The van der Waals surface area contributed by atoms with Gasteiger partial charge >= 0.3 is 6.29 Å². The van der Waals surface area contributed by atoms with E-state index in [0.29, 0.717) is 17.9 Å². The van der Waals surface area contributed by atoms with Crippen LogP contribution in [-0.4, -0.2) is 90.4 Å². The summed E-state index contributed by atoms with van der Waals surface area (Å²) in [5, 5.41) is 4.75. The molecule has 0 N–H and O–H groups in total. The molecule has 2 atom stereocenters. The zero-order chi connectivity index (χ0) is 22.6. The van der Waals surface area contributed by atoms with E-state index in [2.05, 4.69) is 24.2 Å². The Morgan fingerprint density at radius 2 is 1.64 bits per heavy atom. The third kappa shape index (κ3) is 4.27. The Labute approximate surface area is 191 Å². The van der Waals surface area contributed by atoms with Crippen LogP contribution in [0.2, 0.25) is 0 Å². The summed E-state index contributed by atoms with van der Waals surface area (Å²) in [7, 11) is 0. The lowest BCUT2D eigenvalue weighted by Gasteiger charge is -2.37. The zero-order valence-corrected chi connectivity index (χ0v) is 18.8. The first-order valence-electron chi connectivity index (χ1n) is 11.7. The second kappa shape index (κ2) is 8.11. The summed E-state index contributed by atoms with van der Waals surface area (Å²) in [6.45, 7) is 10.1. The molecule has 3 fully saturated rings. The minimum Gasteiger partial charge on any atom is -0.395 e. The number of ether oxygens (including phenoxy) is 3. The van der Waals surface area contributed by atoms with Crippen LogP contribution in [0.4, 0.5) is 14.6 Å². The topological polar surface area (TPSA) is 55.2 Å². The molecule has 10 heteroatoms. The molecule has 0 spiro atoms. The maximum Gasteiger partial charge on any atom is 0.586 e. The fourth-order valence-corrected chi connectivity index (χ4v) is 5.31. The van der Waals surface area contributed by atoms with Gasteiger partial charge in [-0.05, 0) is 31.9 Å². The molecule has 0 amide bonds. The lowest BCUT2D eigenvalue weighted by atomic mass is 10.2. The molecule has 0 saturated carbocycles. The number of fused-ring (bicyclic) bond motifs is 3. The first-order valence-corrected chi connectivity index (χ1v) is 11.7. The molecule has 33 heavy (non-hydrogen) atoms. The van der Waals surface area contributed by atoms with E-state index in [9.17, 15) is 8.78 Å². The lowest BCUT2D eigenvalue weighted by Crippen LogP contribution is -2.50. The molecule has 1 aromatic heterocycles. The normalized spacial score (nSPS) is 26.8. The highest BCUT2D eigenvalue weighted by atomic mass is 19.3. The number of rotatable bonds is 5. The van der Waals surface area contributed by atoms with Crippen LogP contribution in [0.15, 0.2) is 24.3 Å². The van der Waals surface area contributed by atoms with Gasteiger partial charge in [0.05, 0.1) is 17.9 Å². The lowest BCUT2D eigenvalue weighted by molar-refractivity contribution is -0.286. The van der Waals surface area contributed by atoms with Gasteiger partial charge in [-0.15, -0.1) is 8.78 Å². The van der Waals surface area contributed by atoms with Crippen molar-refractivity contribution in [3.63, 3.8) is 0 Å². The molecular formula is C23H29F2N5O3. The summed E-state index contributed by atoms with van der Waals surface area (Å²) in [6, 6.07) is 6.78. The first-order chi connectivity index (χ1) is 15.9. The molecule has 178 valence electrons. The largest absolute Gasteiger partial charge is 0.586 e. The number of alkyl halides is 2. The summed E-state index contributed by atoms with van der Waals surface area (Å²) in [5.41, 5.74) is 1.59. The maximum atomic E-state index is 13.3. The third-order valence-electron chi connectivity index (χ3n) is 7.05. The zero-order valence-electron chi connectivity index (χ0n) is 18.8. The molecule has 8 nitrogen and oxygen atoms in total. The first kappa shape index (κ1) is 21.1. The van der Waals surface area contributed by atoms with Crippen molar-refractivity contribution in [3.05, 3.63) is 30.0 Å². The standard InChI is InChI=1S/C23H29F2N5O3/c1-16-12-22(26-30(16)17-2-5-20-21(13-17)33-23(24,25)32-20)29-10-8-27(9-11-29)6-7-28-14-18-3-4-19(15-28)31-18/h2,5,12-13,18-19H,3-4,6-11,14-15H2,1H3. The molecule has 2 aromatic rings. The summed E-state index contributed by atoms with van der Waals surface area (Å²) < 4.78 is 43.5. The van der Waals surface area contributed by atoms with Crippen molar-refractivity contribution in [1.82, 2.24) is 19.6 Å². The van der Waals surface area contributed by atoms with Gasteiger partial charge in [0.25, 0.3) is 0 Å². The Bertz CT molecular complexity index is 1010. The molecule has 4 aliphatic heterocycles. The second-order valence-corrected chi connectivity index (χ2v) is 9.40. The van der Waals surface area contributed by atoms with Gasteiger partial charge in [-0.3, -0.25) is 9.80 Å². The van der Waals surface area contributed by atoms with E-state index in [1.807, 2.05) is 13.0 Å². The third-order valence-corrected chi connectivity index (χ3v) is 7.05. The smallest absolute Gasteiger partial charge is 0.395 e. The Balaban J connectivity index is 1.05. The summed E-state index contributed by atoms with van der Waals surface area (Å²) in [4.78, 5) is 7.37. The predicted molar refractivity (Wildman–Crippen MR) is 117 cm³/mol. The van der Waals surface area contributed by atoms with Gasteiger partial charge in [0.15, 0.2) is 17.3 Å². The average Bonchev–Trinajstić information content (AvgIpc) is 3.44. The van der Waals surface area contributed by atoms with Crippen LogP contribution in [0.25, 0.3) is 5.69 Å². The van der Waals surface area contributed by atoms with Crippen LogP contribution < -0.4 is 14.4 Å². The highest BCUT2D eigenvalue weighted by molar-refractivity contribution is 5.52. The van der Waals surface area contributed by atoms with Gasteiger partial charge in [0.2, 0.25) is 0 Å². The number of aromatic nitrogens is 2. The number of benzene rings is 1. The number of nitrogens with zero attached hydrogens (tertiary/aromatic N) is 5. The molecule has 4 aliphatic rings. The molecule has 2 unspecified atom stereocenters. The fourth-order valence-electron chi connectivity index (χ4n) is 5.31. The van der Waals surface area contributed by atoms with Crippen LogP contribution in [0, 0.1) is 6.92 Å². The molecule has 3 saturated heterocycles. The molecule has 6 rings (SSSR count). The van der Waals surface area contributed by atoms with Crippen LogP contribution in [0.3, 0.4) is 0 Å². The van der Waals surface area contributed by atoms with Crippen LogP contribution in [0.5, 0.6) is 11.5 Å². The predicted octanol–water partition coefficient (Wildman–Crippen LogP) is 2.49. The summed E-state index contributed by atoms with van der Waals surface area (Å²) in [5.74, 6) is 0.963. The number of morpholine rings is 1. The Morgan fingerprint density at radius 1 is 0.939 bits per heavy atom. The monoisotopic (exact) mass is 461 g/mol. The Morgan fingerprint density at radius 3 is 2.39 bits per heavy atom. The van der Waals surface area contributed by atoms with Crippen molar-refractivity contribution in [2.75, 3.05) is 57.3 Å². The van der Waals surface area contributed by atoms with Crippen LogP contribution in [0.1, 0.15) is 18.5 Å². The van der Waals surface area contributed by atoms with Crippen molar-refractivity contribution < 1.29 is 23.0 Å². The number of likely N-dealkylation sites (tertiary alicyclic amines) is 1. The number of hydrogen-bond acceptors (Lipinski definition) is 7. The van der Waals surface area contributed by atoms with Gasteiger partial charge in [-0.2, -0.15) is 5.10 Å². The molecular weight excluding hydrogens is 432 g/mol. The van der Waals surface area contributed by atoms with Crippen LogP contribution >= 0.6 is 0 Å². The van der Waals surface area contributed by atoms with E-state index in [0.717, 1.165) is 63.9 Å². The van der Waals surface area contributed by atoms with Crippen molar-refractivity contribution >= 4 is 5.82 Å². The van der Waals surface area contributed by atoms with Crippen molar-refractivity contribution in [3.8, 4) is 17.2 Å². The average molecular weight is 462 g/mol. The second-order valence-electron chi connectivity index (χ2n) is 9.40. The van der Waals surface area contributed by atoms with E-state index in [-0.39, 0.29) is 11.5 Å². The molecule has 2 bridgehead atoms. The van der Waals surface area contributed by atoms with Crippen molar-refractivity contribution in [2.45, 2.75) is 38.3 Å². The maximum absolute atomic E-state index is 13.3. The molecule has 0 aliphatic carbocycles. The van der Waals surface area contributed by atoms with Gasteiger partial charge < -0.3 is 19.1 Å². The highest BCUT2D eigenvalue weighted by Gasteiger charge is 2.43. The van der Waals surface area contributed by atoms with E-state index >= 15 is 0 Å². The Kier molecular flexibility index (Phi) is 5.19. The van der Waals surface area contributed by atoms with Crippen molar-refractivity contribution in [1.29, 1.82) is 0 Å². The van der Waals surface area contributed by atoms with Gasteiger partial charge in [0.1, 0.15) is 0 Å². The SMILES string of the molecule is Cc1cc(N2CCN(CCN3CC4CCC(C3)O4)CC2)nn1-c1ccc2c(c1)OC(F)(F)O2. The summed E-state index contributed by atoms with van der Waals surface area (Å²) >= 11 is 0. The van der Waals surface area contributed by atoms with Gasteiger partial charge in [-0.25, -0.2) is 4.68 Å². The highest BCUT2D eigenvalue weighted by Crippen LogP contribution is 2.42. The molecule has 5 heterocycles. The summed E-state index contributed by atoms with van der Waals surface area (Å²) in [6.07, 6.45) is -0.304. The van der Waals surface area contributed by atoms with E-state index in [1.54, 1.807) is 10.7 Å². The van der Waals surface area contributed by atoms with Crippen LogP contribution in [-0.2, 0) is 4.74 Å². The molecule has 0 radical (unpaired) electrons. The van der Waals surface area contributed by atoms with E-state index < -0.39 is 6.29 Å². The number of piperazine rings is 1. The number of hydrogen-bond donors (Lipinski definition) is 0.